The van der Waals surface area contributed by atoms with Crippen molar-refractivity contribution in [3.63, 3.8) is 0 Å². The first-order valence-electron chi connectivity index (χ1n) is 3.00. The van der Waals surface area contributed by atoms with Gasteiger partial charge in [-0.15, -0.1) is 0 Å². The number of ether oxygens (including phenoxy) is 1. The molecule has 1 saturated heterocycles. The number of hydrogen-bond acceptors (Lipinski definition) is 3. The van der Waals surface area contributed by atoms with Crippen LogP contribution in [-0.4, -0.2) is 24.6 Å². The van der Waals surface area contributed by atoms with E-state index >= 15 is 0 Å². The minimum absolute atomic E-state index is 0.00986. The fourth-order valence-corrected chi connectivity index (χ4v) is 1.60. The number of esters is 1. The Bertz CT molecular complexity index is 114. The normalized spacial score (nSPS) is 26.3. The summed E-state index contributed by atoms with van der Waals surface area (Å²) in [6.45, 7) is 0.629. The summed E-state index contributed by atoms with van der Waals surface area (Å²) in [7, 11) is 0. The molecule has 1 atom stereocenters. The Hall–Kier alpha value is -0.180. The maximum absolute atomic E-state index is 10.7. The molecule has 1 aliphatic rings. The molecular weight excluding hydrogens is 136 g/mol. The molecule has 2 nitrogen and oxygen atoms in total. The maximum atomic E-state index is 10.7. The molecule has 1 rings (SSSR count). The van der Waals surface area contributed by atoms with Crippen molar-refractivity contribution in [1.29, 1.82) is 0 Å². The van der Waals surface area contributed by atoms with Crippen LogP contribution in [0.4, 0.5) is 0 Å². The monoisotopic (exact) mass is 146 g/mol. The van der Waals surface area contributed by atoms with Crippen LogP contribution in [0.15, 0.2) is 0 Å². The van der Waals surface area contributed by atoms with Crippen molar-refractivity contribution in [2.24, 2.45) is 5.92 Å². The second-order valence-electron chi connectivity index (χ2n) is 2.11. The summed E-state index contributed by atoms with van der Waals surface area (Å²) in [6, 6.07) is 0. The molecule has 0 aromatic heterocycles. The maximum Gasteiger partial charge on any atom is 0.309 e. The van der Waals surface area contributed by atoms with Crippen molar-refractivity contribution in [3.05, 3.63) is 0 Å². The molecule has 52 valence electrons. The molecule has 0 bridgehead atoms. The zero-order valence-corrected chi connectivity index (χ0v) is 6.24. The van der Waals surface area contributed by atoms with E-state index in [2.05, 4.69) is 0 Å². The molecule has 0 aromatic rings. The number of carbonyl (C=O) groups is 1. The molecule has 0 aromatic carbocycles. The second-order valence-corrected chi connectivity index (χ2v) is 3.02. The van der Waals surface area contributed by atoms with E-state index < -0.39 is 0 Å². The molecule has 1 aliphatic heterocycles. The third-order valence-corrected chi connectivity index (χ3v) is 2.15. The van der Waals surface area contributed by atoms with Crippen LogP contribution in [0.2, 0.25) is 0 Å². The van der Waals surface area contributed by atoms with Gasteiger partial charge in [-0.25, -0.2) is 0 Å². The van der Waals surface area contributed by atoms with Crippen LogP contribution in [0.3, 0.4) is 0 Å². The number of rotatable bonds is 2. The van der Waals surface area contributed by atoms with Crippen LogP contribution in [0.5, 0.6) is 0 Å². The molecule has 0 radical (unpaired) electrons. The van der Waals surface area contributed by atoms with Gasteiger partial charge in [0.2, 0.25) is 0 Å². The van der Waals surface area contributed by atoms with Crippen LogP contribution in [0, 0.1) is 5.92 Å². The lowest BCUT2D eigenvalue weighted by Crippen LogP contribution is -2.09. The van der Waals surface area contributed by atoms with Crippen LogP contribution in [0.25, 0.3) is 0 Å². The van der Waals surface area contributed by atoms with Crippen molar-refractivity contribution >= 4 is 17.7 Å². The van der Waals surface area contributed by atoms with Crippen molar-refractivity contribution in [2.75, 3.05) is 18.6 Å². The van der Waals surface area contributed by atoms with Crippen LogP contribution < -0.4 is 0 Å². The van der Waals surface area contributed by atoms with E-state index in [1.165, 1.54) is 0 Å². The van der Waals surface area contributed by atoms with Gasteiger partial charge in [-0.3, -0.25) is 4.79 Å². The zero-order valence-electron chi connectivity index (χ0n) is 5.42. The SMILES string of the molecule is CSCC1CCOC1=O. The van der Waals surface area contributed by atoms with Crippen molar-refractivity contribution in [1.82, 2.24) is 0 Å². The van der Waals surface area contributed by atoms with E-state index in [1.54, 1.807) is 11.8 Å². The van der Waals surface area contributed by atoms with Gasteiger partial charge in [0, 0.05) is 5.75 Å². The van der Waals surface area contributed by atoms with Gasteiger partial charge in [0.25, 0.3) is 0 Å². The van der Waals surface area contributed by atoms with Gasteiger partial charge in [-0.1, -0.05) is 0 Å². The molecule has 1 fully saturated rings. The minimum Gasteiger partial charge on any atom is -0.465 e. The summed E-state index contributed by atoms with van der Waals surface area (Å²) < 4.78 is 4.77. The molecule has 3 heteroatoms. The molecule has 0 spiro atoms. The summed E-state index contributed by atoms with van der Waals surface area (Å²) in [5.74, 6) is 1.09. The molecule has 0 saturated carbocycles. The number of cyclic esters (lactones) is 1. The number of hydrogen-bond donors (Lipinski definition) is 0. The Kier molecular flexibility index (Phi) is 2.39. The van der Waals surface area contributed by atoms with Gasteiger partial charge >= 0.3 is 5.97 Å². The second kappa shape index (κ2) is 3.11. The molecule has 1 heterocycles. The van der Waals surface area contributed by atoms with Gasteiger partial charge < -0.3 is 4.74 Å². The Morgan fingerprint density at radius 1 is 1.89 bits per heavy atom. The lowest BCUT2D eigenvalue weighted by molar-refractivity contribution is -0.140. The fraction of sp³-hybridized carbons (Fsp3) is 0.833. The van der Waals surface area contributed by atoms with Crippen molar-refractivity contribution in [3.8, 4) is 0 Å². The van der Waals surface area contributed by atoms with E-state index in [0.717, 1.165) is 12.2 Å². The Labute approximate surface area is 59.0 Å². The first-order chi connectivity index (χ1) is 4.34. The van der Waals surface area contributed by atoms with Gasteiger partial charge in [-0.2, -0.15) is 11.8 Å². The summed E-state index contributed by atoms with van der Waals surface area (Å²) in [4.78, 5) is 10.7. The number of thioether (sulfide) groups is 1. The van der Waals surface area contributed by atoms with Crippen molar-refractivity contribution in [2.45, 2.75) is 6.42 Å². The lowest BCUT2D eigenvalue weighted by Gasteiger charge is -1.99. The van der Waals surface area contributed by atoms with Gasteiger partial charge in [0.05, 0.1) is 12.5 Å². The van der Waals surface area contributed by atoms with Gasteiger partial charge in [0.15, 0.2) is 0 Å². The molecule has 0 N–H and O–H groups in total. The van der Waals surface area contributed by atoms with Gasteiger partial charge in [0.1, 0.15) is 0 Å². The third-order valence-electron chi connectivity index (χ3n) is 1.41. The molecule has 9 heavy (non-hydrogen) atoms. The Morgan fingerprint density at radius 2 is 2.67 bits per heavy atom. The average molecular weight is 146 g/mol. The Morgan fingerprint density at radius 3 is 3.11 bits per heavy atom. The summed E-state index contributed by atoms with van der Waals surface area (Å²) in [5, 5.41) is 0. The highest BCUT2D eigenvalue weighted by atomic mass is 32.2. The third kappa shape index (κ3) is 1.61. The highest BCUT2D eigenvalue weighted by Crippen LogP contribution is 2.17. The predicted molar refractivity (Wildman–Crippen MR) is 37.4 cm³/mol. The smallest absolute Gasteiger partial charge is 0.309 e. The fourth-order valence-electron chi connectivity index (χ4n) is 0.890. The molecule has 0 amide bonds. The highest BCUT2D eigenvalue weighted by molar-refractivity contribution is 7.98. The summed E-state index contributed by atoms with van der Waals surface area (Å²) >= 11 is 1.70. The average Bonchev–Trinajstić information content (AvgIpc) is 2.18. The topological polar surface area (TPSA) is 26.3 Å². The molecule has 1 unspecified atom stereocenters. The van der Waals surface area contributed by atoms with E-state index in [4.69, 9.17) is 4.74 Å². The van der Waals surface area contributed by atoms with Crippen LogP contribution in [-0.2, 0) is 9.53 Å². The highest BCUT2D eigenvalue weighted by Gasteiger charge is 2.25. The Balaban J connectivity index is 2.31. The first kappa shape index (κ1) is 6.93. The first-order valence-corrected chi connectivity index (χ1v) is 4.39. The largest absolute Gasteiger partial charge is 0.465 e. The van der Waals surface area contributed by atoms with Gasteiger partial charge in [-0.05, 0) is 12.7 Å². The predicted octanol–water partition coefficient (Wildman–Crippen LogP) is 0.912. The molecule has 0 aliphatic carbocycles. The van der Waals surface area contributed by atoms with Crippen molar-refractivity contribution < 1.29 is 9.53 Å². The van der Waals surface area contributed by atoms with E-state index in [1.807, 2.05) is 6.26 Å². The van der Waals surface area contributed by atoms with Crippen LogP contribution in [0.1, 0.15) is 6.42 Å². The van der Waals surface area contributed by atoms with E-state index in [9.17, 15) is 4.79 Å². The quantitative estimate of drug-likeness (QED) is 0.542. The molecular formula is C6H10O2S. The zero-order chi connectivity index (χ0) is 6.69. The summed E-state index contributed by atoms with van der Waals surface area (Å²) in [6.07, 6.45) is 2.92. The number of carbonyl (C=O) groups excluding carboxylic acids is 1. The summed E-state index contributed by atoms with van der Waals surface area (Å²) in [5.41, 5.74) is 0. The minimum atomic E-state index is -0.00986. The lowest BCUT2D eigenvalue weighted by atomic mass is 10.1. The van der Waals surface area contributed by atoms with E-state index in [-0.39, 0.29) is 11.9 Å². The standard InChI is InChI=1S/C6H10O2S/c1-9-4-5-2-3-8-6(5)7/h5H,2-4H2,1H3. The van der Waals surface area contributed by atoms with Crippen LogP contribution >= 0.6 is 11.8 Å². The van der Waals surface area contributed by atoms with E-state index in [0.29, 0.717) is 6.61 Å².